The lowest BCUT2D eigenvalue weighted by Crippen LogP contribution is -2.02. The van der Waals surface area contributed by atoms with Crippen molar-refractivity contribution in [3.8, 4) is 28.7 Å². The number of phenolic OH excluding ortho intramolecular Hbond substituents is 2. The fraction of sp³-hybridized carbons (Fsp3) is 0.182. The lowest BCUT2D eigenvalue weighted by molar-refractivity contribution is -0.121. The number of ether oxygens (including phenoxy) is 3. The Kier molecular flexibility index (Phi) is 7.42. The first kappa shape index (κ1) is 21.6. The predicted molar refractivity (Wildman–Crippen MR) is 109 cm³/mol. The van der Waals surface area contributed by atoms with Gasteiger partial charge in [0, 0.05) is 0 Å². The summed E-state index contributed by atoms with van der Waals surface area (Å²) in [5.74, 6) is -0.198. The van der Waals surface area contributed by atoms with Crippen molar-refractivity contribution in [3.63, 3.8) is 0 Å². The number of carbonyl (C=O) groups excluding carboxylic acids is 2. The molecule has 0 aliphatic rings. The molecule has 29 heavy (non-hydrogen) atoms. The minimum absolute atomic E-state index is 0.0409. The van der Waals surface area contributed by atoms with Gasteiger partial charge in [-0.25, -0.2) is 0 Å². The smallest absolute Gasteiger partial charge is 0.200 e. The minimum atomic E-state index is -0.386. The summed E-state index contributed by atoms with van der Waals surface area (Å²) in [7, 11) is 4.25. The van der Waals surface area contributed by atoms with Crippen molar-refractivity contribution in [3.05, 3.63) is 53.6 Å². The quantitative estimate of drug-likeness (QED) is 0.493. The highest BCUT2D eigenvalue weighted by atomic mass is 16.5. The molecule has 0 aliphatic heterocycles. The Labute approximate surface area is 168 Å². The average molecular weight is 398 g/mol. The molecule has 0 saturated heterocycles. The fourth-order valence-electron chi connectivity index (χ4n) is 2.49. The van der Waals surface area contributed by atoms with Crippen molar-refractivity contribution in [1.29, 1.82) is 0 Å². The summed E-state index contributed by atoms with van der Waals surface area (Å²) in [5, 5.41) is 19.6. The van der Waals surface area contributed by atoms with Crippen LogP contribution in [0.5, 0.6) is 28.7 Å². The number of phenols is 2. The topological polar surface area (TPSA) is 102 Å². The molecule has 0 saturated carbocycles. The van der Waals surface area contributed by atoms with Crippen LogP contribution in [0.3, 0.4) is 0 Å². The van der Waals surface area contributed by atoms with Crippen LogP contribution >= 0.6 is 0 Å². The summed E-state index contributed by atoms with van der Waals surface area (Å²) in [6.45, 7) is 0. The van der Waals surface area contributed by atoms with Crippen LogP contribution < -0.4 is 14.2 Å². The van der Waals surface area contributed by atoms with E-state index in [1.807, 2.05) is 0 Å². The number of hydrogen-bond donors (Lipinski definition) is 2. The Bertz CT molecular complexity index is 933. The van der Waals surface area contributed by atoms with Gasteiger partial charge in [0.05, 0.1) is 27.8 Å². The molecule has 0 spiro atoms. The summed E-state index contributed by atoms with van der Waals surface area (Å²) >= 11 is 0. The molecule has 0 radical (unpaired) electrons. The van der Waals surface area contributed by atoms with Gasteiger partial charge in [-0.3, -0.25) is 9.59 Å². The van der Waals surface area contributed by atoms with Crippen LogP contribution in [0.25, 0.3) is 12.2 Å². The first-order valence-corrected chi connectivity index (χ1v) is 8.61. The first-order valence-electron chi connectivity index (χ1n) is 8.61. The molecule has 2 aromatic rings. The van der Waals surface area contributed by atoms with Crippen LogP contribution in [-0.4, -0.2) is 43.1 Å². The Balaban J connectivity index is 2.01. The second kappa shape index (κ2) is 9.98. The fourth-order valence-corrected chi connectivity index (χ4v) is 2.49. The maximum Gasteiger partial charge on any atom is 0.200 e. The number of hydrogen-bond acceptors (Lipinski definition) is 7. The molecular weight excluding hydrogens is 376 g/mol. The highest BCUT2D eigenvalue weighted by molar-refractivity contribution is 6.10. The van der Waals surface area contributed by atoms with Gasteiger partial charge in [0.25, 0.3) is 0 Å². The van der Waals surface area contributed by atoms with Crippen LogP contribution in [0.2, 0.25) is 0 Å². The van der Waals surface area contributed by atoms with E-state index in [0.717, 1.165) is 0 Å². The number of methoxy groups -OCH3 is 3. The van der Waals surface area contributed by atoms with Gasteiger partial charge in [0.2, 0.25) is 5.75 Å². The predicted octanol–water partition coefficient (Wildman–Crippen LogP) is 3.38. The maximum absolute atomic E-state index is 12.0. The molecule has 2 aromatic carbocycles. The summed E-state index contributed by atoms with van der Waals surface area (Å²) in [5.41, 5.74) is 1.17. The Morgan fingerprint density at radius 2 is 1.31 bits per heavy atom. The molecule has 7 heteroatoms. The van der Waals surface area contributed by atoms with Crippen LogP contribution in [0.1, 0.15) is 17.5 Å². The monoisotopic (exact) mass is 398 g/mol. The van der Waals surface area contributed by atoms with Crippen LogP contribution in [0.15, 0.2) is 42.5 Å². The molecular formula is C22H22O7. The largest absolute Gasteiger partial charge is 0.504 e. The van der Waals surface area contributed by atoms with E-state index in [2.05, 4.69) is 0 Å². The number of rotatable bonds is 9. The third kappa shape index (κ3) is 5.87. The van der Waals surface area contributed by atoms with Crippen LogP contribution in [0, 0.1) is 0 Å². The molecule has 0 aromatic heterocycles. The van der Waals surface area contributed by atoms with Crippen molar-refractivity contribution in [2.24, 2.45) is 0 Å². The molecule has 2 rings (SSSR count). The Morgan fingerprint density at radius 1 is 0.793 bits per heavy atom. The molecule has 0 atom stereocenters. The van der Waals surface area contributed by atoms with E-state index < -0.39 is 0 Å². The van der Waals surface area contributed by atoms with E-state index >= 15 is 0 Å². The lowest BCUT2D eigenvalue weighted by atomic mass is 10.1. The van der Waals surface area contributed by atoms with Gasteiger partial charge in [-0.15, -0.1) is 0 Å². The maximum atomic E-state index is 12.0. The van der Waals surface area contributed by atoms with Gasteiger partial charge in [-0.05, 0) is 47.5 Å². The van der Waals surface area contributed by atoms with Gasteiger partial charge in [0.1, 0.15) is 0 Å². The van der Waals surface area contributed by atoms with E-state index in [1.54, 1.807) is 24.3 Å². The molecule has 0 aliphatic carbocycles. The molecule has 2 N–H and O–H groups in total. The van der Waals surface area contributed by atoms with Crippen molar-refractivity contribution >= 4 is 23.7 Å². The zero-order chi connectivity index (χ0) is 21.4. The third-order valence-corrected chi connectivity index (χ3v) is 3.98. The van der Waals surface area contributed by atoms with Crippen LogP contribution in [-0.2, 0) is 9.59 Å². The van der Waals surface area contributed by atoms with E-state index in [0.29, 0.717) is 16.9 Å². The van der Waals surface area contributed by atoms with E-state index in [9.17, 15) is 19.8 Å². The van der Waals surface area contributed by atoms with Crippen molar-refractivity contribution in [1.82, 2.24) is 0 Å². The van der Waals surface area contributed by atoms with Crippen molar-refractivity contribution < 1.29 is 34.0 Å². The summed E-state index contributed by atoms with van der Waals surface area (Å²) < 4.78 is 15.1. The third-order valence-electron chi connectivity index (χ3n) is 3.98. The number of benzene rings is 2. The zero-order valence-electron chi connectivity index (χ0n) is 16.3. The van der Waals surface area contributed by atoms with Gasteiger partial charge in [-0.2, -0.15) is 0 Å². The van der Waals surface area contributed by atoms with Gasteiger partial charge >= 0.3 is 0 Å². The lowest BCUT2D eigenvalue weighted by Gasteiger charge is -2.09. The zero-order valence-corrected chi connectivity index (χ0v) is 16.3. The standard InChI is InChI=1S/C22H22O7/c1-27-19-9-6-14(10-18(19)25)4-7-16(23)13-17(24)8-5-15-11-20(28-2)22(26)21(12-15)29-3/h4-12,25-26H,13H2,1-3H3/b7-4+,8-5+. The van der Waals surface area contributed by atoms with E-state index in [4.69, 9.17) is 14.2 Å². The second-order valence-electron chi connectivity index (χ2n) is 5.98. The summed E-state index contributed by atoms with van der Waals surface area (Å²) in [4.78, 5) is 24.0. The van der Waals surface area contributed by atoms with Crippen LogP contribution in [0.4, 0.5) is 0 Å². The Hall–Kier alpha value is -3.74. The number of allylic oxidation sites excluding steroid dienone is 2. The first-order chi connectivity index (χ1) is 13.9. The van der Waals surface area contributed by atoms with Gasteiger partial charge < -0.3 is 24.4 Å². The molecule has 7 nitrogen and oxygen atoms in total. The molecule has 0 unspecified atom stereocenters. The SMILES string of the molecule is COc1ccc(/C=C/C(=O)CC(=O)/C=C/c2cc(OC)c(O)c(OC)c2)cc1O. The minimum Gasteiger partial charge on any atom is -0.504 e. The Morgan fingerprint density at radius 3 is 1.79 bits per heavy atom. The highest BCUT2D eigenvalue weighted by Gasteiger charge is 2.10. The molecule has 0 fully saturated rings. The van der Waals surface area contributed by atoms with Crippen molar-refractivity contribution in [2.75, 3.05) is 21.3 Å². The van der Waals surface area contributed by atoms with Gasteiger partial charge in [-0.1, -0.05) is 18.2 Å². The highest BCUT2D eigenvalue weighted by Crippen LogP contribution is 2.37. The number of carbonyl (C=O) groups is 2. The molecule has 0 amide bonds. The molecule has 0 bridgehead atoms. The second-order valence-corrected chi connectivity index (χ2v) is 5.98. The average Bonchev–Trinajstić information content (AvgIpc) is 2.71. The van der Waals surface area contributed by atoms with Gasteiger partial charge in [0.15, 0.2) is 34.6 Å². The molecule has 0 heterocycles. The number of aromatic hydroxyl groups is 2. The summed E-state index contributed by atoms with van der Waals surface area (Å²) in [6.07, 6.45) is 5.26. The number of ketones is 2. The summed E-state index contributed by atoms with van der Waals surface area (Å²) in [6, 6.07) is 7.79. The normalized spacial score (nSPS) is 11.0. The van der Waals surface area contributed by atoms with E-state index in [-0.39, 0.29) is 41.0 Å². The van der Waals surface area contributed by atoms with Crippen molar-refractivity contribution in [2.45, 2.75) is 6.42 Å². The van der Waals surface area contributed by atoms with E-state index in [1.165, 1.54) is 51.7 Å². The molecule has 152 valence electrons.